The standard InChI is InChI=1S/C23H35N5O.HI/c1-5-24-23(25-16-21-15-22(17(2)3)27-29-21)26-20-11-13-28(14-12-20)18(4)19-9-7-6-8-10-19;/h6-10,15,17-18,20H,5,11-14,16H2,1-4H3,(H2,24,25,26);1H. The Kier molecular flexibility index (Phi) is 10.1. The van der Waals surface area contributed by atoms with Crippen molar-refractivity contribution in [1.29, 1.82) is 0 Å². The highest BCUT2D eigenvalue weighted by Crippen LogP contribution is 2.24. The van der Waals surface area contributed by atoms with Crippen molar-refractivity contribution in [2.75, 3.05) is 19.6 Å². The van der Waals surface area contributed by atoms with Gasteiger partial charge in [-0.3, -0.25) is 4.90 Å². The van der Waals surface area contributed by atoms with Crippen molar-refractivity contribution in [3.8, 4) is 0 Å². The molecular formula is C23H36IN5O. The van der Waals surface area contributed by atoms with E-state index < -0.39 is 0 Å². The summed E-state index contributed by atoms with van der Waals surface area (Å²) in [5.74, 6) is 2.02. The first kappa shape index (κ1) is 24.7. The van der Waals surface area contributed by atoms with Crippen LogP contribution in [-0.4, -0.2) is 41.7 Å². The smallest absolute Gasteiger partial charge is 0.191 e. The van der Waals surface area contributed by atoms with E-state index in [0.717, 1.165) is 49.9 Å². The molecule has 2 aromatic rings. The van der Waals surface area contributed by atoms with Crippen molar-refractivity contribution >= 4 is 29.9 Å². The Morgan fingerprint density at radius 2 is 1.90 bits per heavy atom. The maximum absolute atomic E-state index is 5.41. The zero-order valence-electron chi connectivity index (χ0n) is 18.6. The largest absolute Gasteiger partial charge is 0.359 e. The number of piperidine rings is 1. The molecule has 1 aromatic carbocycles. The van der Waals surface area contributed by atoms with E-state index in [1.54, 1.807) is 0 Å². The fourth-order valence-corrected chi connectivity index (χ4v) is 3.72. The second-order valence-corrected chi connectivity index (χ2v) is 8.11. The van der Waals surface area contributed by atoms with Gasteiger partial charge in [0, 0.05) is 37.8 Å². The number of aliphatic imine (C=N–C) groups is 1. The molecule has 0 aliphatic carbocycles. The van der Waals surface area contributed by atoms with Gasteiger partial charge in [-0.25, -0.2) is 4.99 Å². The summed E-state index contributed by atoms with van der Waals surface area (Å²) in [6.07, 6.45) is 2.22. The molecule has 0 spiro atoms. The molecule has 1 fully saturated rings. The lowest BCUT2D eigenvalue weighted by atomic mass is 10.0. The minimum atomic E-state index is 0. The Labute approximate surface area is 197 Å². The Morgan fingerprint density at radius 3 is 2.50 bits per heavy atom. The van der Waals surface area contributed by atoms with Crippen LogP contribution in [0.1, 0.15) is 69.5 Å². The van der Waals surface area contributed by atoms with Crippen molar-refractivity contribution in [2.24, 2.45) is 4.99 Å². The molecule has 3 rings (SSSR count). The number of nitrogens with zero attached hydrogens (tertiary/aromatic N) is 3. The lowest BCUT2D eigenvalue weighted by Crippen LogP contribution is -2.49. The van der Waals surface area contributed by atoms with Gasteiger partial charge in [-0.1, -0.05) is 49.3 Å². The lowest BCUT2D eigenvalue weighted by Gasteiger charge is -2.37. The Morgan fingerprint density at radius 1 is 1.20 bits per heavy atom. The highest BCUT2D eigenvalue weighted by atomic mass is 127. The molecule has 2 N–H and O–H groups in total. The Balaban J connectivity index is 0.00000320. The third kappa shape index (κ3) is 6.97. The van der Waals surface area contributed by atoms with E-state index in [4.69, 9.17) is 9.52 Å². The van der Waals surface area contributed by atoms with E-state index in [1.165, 1.54) is 5.56 Å². The highest BCUT2D eigenvalue weighted by Gasteiger charge is 2.24. The lowest BCUT2D eigenvalue weighted by molar-refractivity contribution is 0.158. The molecule has 2 heterocycles. The number of benzene rings is 1. The molecule has 0 bridgehead atoms. The van der Waals surface area contributed by atoms with Gasteiger partial charge in [0.25, 0.3) is 0 Å². The Bertz CT molecular complexity index is 769. The van der Waals surface area contributed by atoms with E-state index in [1.807, 2.05) is 6.07 Å². The van der Waals surface area contributed by atoms with Gasteiger partial charge in [-0.05, 0) is 38.2 Å². The molecule has 1 aliphatic rings. The summed E-state index contributed by atoms with van der Waals surface area (Å²) in [4.78, 5) is 7.27. The molecule has 166 valence electrons. The topological polar surface area (TPSA) is 65.7 Å². The van der Waals surface area contributed by atoms with Gasteiger partial charge in [-0.2, -0.15) is 0 Å². The molecule has 7 heteroatoms. The van der Waals surface area contributed by atoms with Crippen molar-refractivity contribution < 1.29 is 4.52 Å². The summed E-state index contributed by atoms with van der Waals surface area (Å²) >= 11 is 0. The number of hydrogen-bond acceptors (Lipinski definition) is 4. The number of guanidine groups is 1. The molecule has 0 radical (unpaired) electrons. The molecular weight excluding hydrogens is 489 g/mol. The first-order valence-corrected chi connectivity index (χ1v) is 10.9. The van der Waals surface area contributed by atoms with E-state index in [-0.39, 0.29) is 24.0 Å². The predicted octanol–water partition coefficient (Wildman–Crippen LogP) is 4.70. The molecule has 1 aliphatic heterocycles. The minimum absolute atomic E-state index is 0. The average molecular weight is 525 g/mol. The van der Waals surface area contributed by atoms with Crippen LogP contribution >= 0.6 is 24.0 Å². The van der Waals surface area contributed by atoms with Crippen LogP contribution in [-0.2, 0) is 6.54 Å². The quantitative estimate of drug-likeness (QED) is 0.312. The monoisotopic (exact) mass is 525 g/mol. The number of hydrogen-bond donors (Lipinski definition) is 2. The van der Waals surface area contributed by atoms with Crippen molar-refractivity contribution in [3.05, 3.63) is 53.4 Å². The second kappa shape index (κ2) is 12.3. The molecule has 0 amide bonds. The van der Waals surface area contributed by atoms with Crippen LogP contribution in [0, 0.1) is 0 Å². The maximum Gasteiger partial charge on any atom is 0.191 e. The zero-order valence-corrected chi connectivity index (χ0v) is 20.9. The number of likely N-dealkylation sites (tertiary alicyclic amines) is 1. The second-order valence-electron chi connectivity index (χ2n) is 8.11. The van der Waals surface area contributed by atoms with Crippen LogP contribution in [0.25, 0.3) is 0 Å². The van der Waals surface area contributed by atoms with Crippen molar-refractivity contribution in [3.63, 3.8) is 0 Å². The average Bonchev–Trinajstić information content (AvgIpc) is 3.22. The molecule has 1 unspecified atom stereocenters. The summed E-state index contributed by atoms with van der Waals surface area (Å²) in [7, 11) is 0. The summed E-state index contributed by atoms with van der Waals surface area (Å²) in [5, 5.41) is 11.1. The van der Waals surface area contributed by atoms with E-state index in [2.05, 4.69) is 78.7 Å². The van der Waals surface area contributed by atoms with Gasteiger partial charge in [0.1, 0.15) is 6.54 Å². The number of halogens is 1. The molecule has 6 nitrogen and oxygen atoms in total. The van der Waals surface area contributed by atoms with Crippen LogP contribution in [0.3, 0.4) is 0 Å². The summed E-state index contributed by atoms with van der Waals surface area (Å²) < 4.78 is 5.41. The predicted molar refractivity (Wildman–Crippen MR) is 133 cm³/mol. The van der Waals surface area contributed by atoms with Gasteiger partial charge in [0.05, 0.1) is 5.69 Å². The van der Waals surface area contributed by atoms with E-state index >= 15 is 0 Å². The van der Waals surface area contributed by atoms with Gasteiger partial charge in [-0.15, -0.1) is 24.0 Å². The van der Waals surface area contributed by atoms with Crippen LogP contribution in [0.2, 0.25) is 0 Å². The van der Waals surface area contributed by atoms with E-state index in [9.17, 15) is 0 Å². The molecule has 1 aromatic heterocycles. The minimum Gasteiger partial charge on any atom is -0.359 e. The van der Waals surface area contributed by atoms with Crippen LogP contribution in [0.4, 0.5) is 0 Å². The number of rotatable bonds is 7. The third-order valence-electron chi connectivity index (χ3n) is 5.61. The van der Waals surface area contributed by atoms with E-state index in [0.29, 0.717) is 24.5 Å². The fraction of sp³-hybridized carbons (Fsp3) is 0.565. The number of aromatic nitrogens is 1. The summed E-state index contributed by atoms with van der Waals surface area (Å²) in [5.41, 5.74) is 2.37. The summed E-state index contributed by atoms with van der Waals surface area (Å²) in [6.45, 7) is 12.1. The fourth-order valence-electron chi connectivity index (χ4n) is 3.72. The molecule has 1 saturated heterocycles. The highest BCUT2D eigenvalue weighted by molar-refractivity contribution is 14.0. The molecule has 0 saturated carbocycles. The van der Waals surface area contributed by atoms with Crippen molar-refractivity contribution in [2.45, 2.75) is 65.1 Å². The SMILES string of the molecule is CCNC(=NCc1cc(C(C)C)no1)NC1CCN(C(C)c2ccccc2)CC1.I. The third-order valence-corrected chi connectivity index (χ3v) is 5.61. The molecule has 30 heavy (non-hydrogen) atoms. The first-order chi connectivity index (χ1) is 14.1. The van der Waals surface area contributed by atoms with Gasteiger partial charge >= 0.3 is 0 Å². The van der Waals surface area contributed by atoms with Crippen LogP contribution in [0.5, 0.6) is 0 Å². The van der Waals surface area contributed by atoms with Crippen molar-refractivity contribution in [1.82, 2.24) is 20.7 Å². The van der Waals surface area contributed by atoms with Crippen LogP contribution in [0.15, 0.2) is 45.9 Å². The summed E-state index contributed by atoms with van der Waals surface area (Å²) in [6, 6.07) is 13.7. The van der Waals surface area contributed by atoms with Gasteiger partial charge < -0.3 is 15.2 Å². The normalized spacial score (nSPS) is 16.9. The van der Waals surface area contributed by atoms with Crippen LogP contribution < -0.4 is 10.6 Å². The Hall–Kier alpha value is -1.61. The first-order valence-electron chi connectivity index (χ1n) is 10.9. The van der Waals surface area contributed by atoms with Gasteiger partial charge in [0.2, 0.25) is 0 Å². The zero-order chi connectivity index (χ0) is 20.6. The number of nitrogens with one attached hydrogen (secondary N) is 2. The molecule has 1 atom stereocenters. The maximum atomic E-state index is 5.41. The van der Waals surface area contributed by atoms with Gasteiger partial charge in [0.15, 0.2) is 11.7 Å².